The van der Waals surface area contributed by atoms with Crippen molar-refractivity contribution < 1.29 is 9.90 Å². The van der Waals surface area contributed by atoms with E-state index in [0.717, 1.165) is 5.56 Å². The molecule has 1 aromatic carbocycles. The zero-order valence-corrected chi connectivity index (χ0v) is 9.23. The summed E-state index contributed by atoms with van der Waals surface area (Å²) in [6.07, 6.45) is 3.16. The number of carbonyl (C=O) groups excluding carboxylic acids is 1. The lowest BCUT2D eigenvalue weighted by Gasteiger charge is -2.08. The largest absolute Gasteiger partial charge is 0.508 e. The van der Waals surface area contributed by atoms with Gasteiger partial charge in [0, 0.05) is 18.9 Å². The number of phenolic OH excluding ortho intramolecular Hbond substituents is 1. The number of rotatable bonds is 5. The summed E-state index contributed by atoms with van der Waals surface area (Å²) >= 11 is 0. The number of Topliss-reactive ketones (excluding diaryl/α,β-unsaturated/α-hetero) is 1. The molecule has 1 atom stereocenters. The molecule has 0 bridgehead atoms. The maximum absolute atomic E-state index is 11.7. The second-order valence-corrected chi connectivity index (χ2v) is 4.59. The fourth-order valence-corrected chi connectivity index (χ4v) is 1.92. The van der Waals surface area contributed by atoms with Gasteiger partial charge in [-0.1, -0.05) is 12.1 Å². The molecule has 1 aromatic rings. The molecule has 3 N–H and O–H groups in total. The van der Waals surface area contributed by atoms with Gasteiger partial charge in [0.1, 0.15) is 11.5 Å². The van der Waals surface area contributed by atoms with E-state index in [0.29, 0.717) is 18.8 Å². The zero-order chi connectivity index (χ0) is 11.5. The Balaban J connectivity index is 1.86. The Morgan fingerprint density at radius 2 is 2.25 bits per heavy atom. The average Bonchev–Trinajstić information content (AvgIpc) is 2.99. The monoisotopic (exact) mass is 219 g/mol. The van der Waals surface area contributed by atoms with Crippen molar-refractivity contribution in [3.8, 4) is 5.75 Å². The van der Waals surface area contributed by atoms with Gasteiger partial charge >= 0.3 is 0 Å². The molecule has 0 aliphatic heterocycles. The average molecular weight is 219 g/mol. The van der Waals surface area contributed by atoms with Crippen molar-refractivity contribution in [2.24, 2.45) is 11.7 Å². The minimum atomic E-state index is 0.0322. The molecule has 1 unspecified atom stereocenters. The van der Waals surface area contributed by atoms with E-state index in [1.54, 1.807) is 18.2 Å². The molecule has 1 saturated carbocycles. The lowest BCUT2D eigenvalue weighted by molar-refractivity contribution is -0.118. The number of hydrogen-bond donors (Lipinski definition) is 2. The smallest absolute Gasteiger partial charge is 0.138 e. The first-order valence-corrected chi connectivity index (χ1v) is 5.70. The summed E-state index contributed by atoms with van der Waals surface area (Å²) in [6, 6.07) is 6.86. The van der Waals surface area contributed by atoms with Crippen LogP contribution in [0.4, 0.5) is 0 Å². The maximum atomic E-state index is 11.7. The van der Waals surface area contributed by atoms with Crippen LogP contribution in [0.1, 0.15) is 24.8 Å². The molecule has 1 aliphatic carbocycles. The third-order valence-corrected chi connectivity index (χ3v) is 3.00. The molecule has 0 aromatic heterocycles. The molecular weight excluding hydrogens is 202 g/mol. The number of hydrogen-bond acceptors (Lipinski definition) is 3. The number of carbonyl (C=O) groups is 1. The van der Waals surface area contributed by atoms with Crippen molar-refractivity contribution in [3.63, 3.8) is 0 Å². The Morgan fingerprint density at radius 1 is 1.50 bits per heavy atom. The van der Waals surface area contributed by atoms with Crippen LogP contribution in [0.2, 0.25) is 0 Å². The van der Waals surface area contributed by atoms with E-state index in [2.05, 4.69) is 0 Å². The van der Waals surface area contributed by atoms with Gasteiger partial charge in [0.05, 0.1) is 0 Å². The third-order valence-electron chi connectivity index (χ3n) is 3.00. The van der Waals surface area contributed by atoms with Crippen LogP contribution in [-0.4, -0.2) is 16.9 Å². The van der Waals surface area contributed by atoms with Crippen LogP contribution in [0.25, 0.3) is 0 Å². The van der Waals surface area contributed by atoms with Gasteiger partial charge in [0.25, 0.3) is 0 Å². The molecule has 3 heteroatoms. The van der Waals surface area contributed by atoms with E-state index in [1.165, 1.54) is 12.8 Å². The summed E-state index contributed by atoms with van der Waals surface area (Å²) in [7, 11) is 0. The van der Waals surface area contributed by atoms with E-state index in [4.69, 9.17) is 5.73 Å². The highest BCUT2D eigenvalue weighted by atomic mass is 16.3. The fraction of sp³-hybridized carbons (Fsp3) is 0.462. The molecule has 86 valence electrons. The van der Waals surface area contributed by atoms with Crippen LogP contribution in [0, 0.1) is 5.92 Å². The first kappa shape index (κ1) is 11.1. The van der Waals surface area contributed by atoms with Crippen LogP contribution >= 0.6 is 0 Å². The second-order valence-electron chi connectivity index (χ2n) is 4.59. The van der Waals surface area contributed by atoms with E-state index < -0.39 is 0 Å². The summed E-state index contributed by atoms with van der Waals surface area (Å²) in [6.45, 7) is 0. The maximum Gasteiger partial charge on any atom is 0.138 e. The Morgan fingerprint density at radius 3 is 2.88 bits per heavy atom. The second kappa shape index (κ2) is 4.66. The van der Waals surface area contributed by atoms with Gasteiger partial charge in [-0.15, -0.1) is 0 Å². The number of ketones is 1. The Hall–Kier alpha value is -1.35. The van der Waals surface area contributed by atoms with Crippen molar-refractivity contribution in [2.75, 3.05) is 0 Å². The molecule has 3 nitrogen and oxygen atoms in total. The molecule has 0 heterocycles. The standard InChI is InChI=1S/C13H17NO2/c14-13(10-4-5-10)8-12(16)7-9-2-1-3-11(15)6-9/h1-3,6,10,13,15H,4-5,7-8,14H2. The topological polar surface area (TPSA) is 63.3 Å². The predicted octanol–water partition coefficient (Wildman–Crippen LogP) is 1.63. The summed E-state index contributed by atoms with van der Waals surface area (Å²) in [4.78, 5) is 11.7. The molecule has 16 heavy (non-hydrogen) atoms. The molecule has 2 rings (SSSR count). The van der Waals surface area contributed by atoms with Crippen LogP contribution in [-0.2, 0) is 11.2 Å². The number of nitrogens with two attached hydrogens (primary N) is 1. The van der Waals surface area contributed by atoms with Crippen molar-refractivity contribution in [1.82, 2.24) is 0 Å². The van der Waals surface area contributed by atoms with Gasteiger partial charge in [0.2, 0.25) is 0 Å². The molecule has 0 radical (unpaired) electrons. The molecular formula is C13H17NO2. The molecule has 0 spiro atoms. The van der Waals surface area contributed by atoms with Crippen LogP contribution < -0.4 is 5.73 Å². The molecule has 0 amide bonds. The summed E-state index contributed by atoms with van der Waals surface area (Å²) < 4.78 is 0. The van der Waals surface area contributed by atoms with E-state index in [-0.39, 0.29) is 17.6 Å². The summed E-state index contributed by atoms with van der Waals surface area (Å²) in [5.41, 5.74) is 6.75. The van der Waals surface area contributed by atoms with Gasteiger partial charge in [-0.3, -0.25) is 4.79 Å². The Bertz CT molecular complexity index is 385. The minimum absolute atomic E-state index is 0.0322. The van der Waals surface area contributed by atoms with Crippen LogP contribution in [0.15, 0.2) is 24.3 Å². The van der Waals surface area contributed by atoms with Gasteiger partial charge < -0.3 is 10.8 Å². The van der Waals surface area contributed by atoms with Crippen molar-refractivity contribution >= 4 is 5.78 Å². The number of phenols is 1. The van der Waals surface area contributed by atoms with Crippen molar-refractivity contribution in [3.05, 3.63) is 29.8 Å². The van der Waals surface area contributed by atoms with E-state index in [1.807, 2.05) is 6.07 Å². The van der Waals surface area contributed by atoms with E-state index >= 15 is 0 Å². The van der Waals surface area contributed by atoms with Crippen molar-refractivity contribution in [1.29, 1.82) is 0 Å². The zero-order valence-electron chi connectivity index (χ0n) is 9.23. The van der Waals surface area contributed by atoms with Gasteiger partial charge in [-0.05, 0) is 36.5 Å². The molecule has 1 aliphatic rings. The van der Waals surface area contributed by atoms with Gasteiger partial charge in [0.15, 0.2) is 0 Å². The van der Waals surface area contributed by atoms with Gasteiger partial charge in [-0.2, -0.15) is 0 Å². The quantitative estimate of drug-likeness (QED) is 0.791. The summed E-state index contributed by atoms with van der Waals surface area (Å²) in [5.74, 6) is 0.926. The fourth-order valence-electron chi connectivity index (χ4n) is 1.92. The SMILES string of the molecule is NC(CC(=O)Cc1cccc(O)c1)C1CC1. The Kier molecular flexibility index (Phi) is 3.25. The predicted molar refractivity (Wildman–Crippen MR) is 62.1 cm³/mol. The lowest BCUT2D eigenvalue weighted by Crippen LogP contribution is -2.26. The highest BCUT2D eigenvalue weighted by Crippen LogP contribution is 2.33. The normalized spacial score (nSPS) is 17.1. The highest BCUT2D eigenvalue weighted by Gasteiger charge is 2.29. The van der Waals surface area contributed by atoms with Crippen LogP contribution in [0.5, 0.6) is 5.75 Å². The van der Waals surface area contributed by atoms with Gasteiger partial charge in [-0.25, -0.2) is 0 Å². The Labute approximate surface area is 95.3 Å². The van der Waals surface area contributed by atoms with Crippen molar-refractivity contribution in [2.45, 2.75) is 31.7 Å². The highest BCUT2D eigenvalue weighted by molar-refractivity contribution is 5.81. The number of benzene rings is 1. The third kappa shape index (κ3) is 3.07. The molecule has 0 saturated heterocycles. The van der Waals surface area contributed by atoms with E-state index in [9.17, 15) is 9.90 Å². The first-order valence-electron chi connectivity index (χ1n) is 5.70. The van der Waals surface area contributed by atoms with Crippen LogP contribution in [0.3, 0.4) is 0 Å². The minimum Gasteiger partial charge on any atom is -0.508 e. The summed E-state index contributed by atoms with van der Waals surface area (Å²) in [5, 5.41) is 9.27. The lowest BCUT2D eigenvalue weighted by atomic mass is 10.0. The molecule has 1 fully saturated rings. The number of aromatic hydroxyl groups is 1. The first-order chi connectivity index (χ1) is 7.65.